The van der Waals surface area contributed by atoms with E-state index in [0.29, 0.717) is 6.61 Å². The molecule has 0 spiro atoms. The van der Waals surface area contributed by atoms with Crippen LogP contribution in [0.1, 0.15) is 17.5 Å². The van der Waals surface area contributed by atoms with Crippen molar-refractivity contribution in [1.29, 1.82) is 0 Å². The van der Waals surface area contributed by atoms with Crippen LogP contribution >= 0.6 is 15.9 Å². The van der Waals surface area contributed by atoms with E-state index in [0.717, 1.165) is 32.8 Å². The third-order valence-corrected chi connectivity index (χ3v) is 6.50. The minimum Gasteiger partial charge on any atom is -0.489 e. The van der Waals surface area contributed by atoms with Crippen LogP contribution in [0.25, 0.3) is 0 Å². The van der Waals surface area contributed by atoms with Crippen LogP contribution < -0.4 is 4.74 Å². The van der Waals surface area contributed by atoms with E-state index in [2.05, 4.69) is 33.2 Å². The van der Waals surface area contributed by atoms with Crippen molar-refractivity contribution in [3.8, 4) is 5.75 Å². The van der Waals surface area contributed by atoms with Gasteiger partial charge in [-0.25, -0.2) is 0 Å². The summed E-state index contributed by atoms with van der Waals surface area (Å²) in [4.78, 5) is 25.3. The van der Waals surface area contributed by atoms with Crippen molar-refractivity contribution in [2.24, 2.45) is 28.8 Å². The molecule has 0 aromatic heterocycles. The van der Waals surface area contributed by atoms with Gasteiger partial charge in [0.15, 0.2) is 0 Å². The van der Waals surface area contributed by atoms with Gasteiger partial charge >= 0.3 is 0 Å². The Bertz CT molecular complexity index is 983. The molecule has 1 heterocycles. The molecule has 5 nitrogen and oxygen atoms in total. The molecule has 1 saturated heterocycles. The van der Waals surface area contributed by atoms with Gasteiger partial charge in [-0.1, -0.05) is 40.2 Å². The van der Waals surface area contributed by atoms with Crippen LogP contribution in [-0.2, 0) is 16.2 Å². The molecule has 2 aromatic rings. The average molecular weight is 451 g/mol. The average Bonchev–Trinajstić information content (AvgIpc) is 3.41. The minimum absolute atomic E-state index is 0.164. The quantitative estimate of drug-likeness (QED) is 0.390. The zero-order chi connectivity index (χ0) is 20.0. The fraction of sp³-hybridized carbons (Fsp3) is 0.261. The lowest BCUT2D eigenvalue weighted by Gasteiger charge is -2.13. The molecular formula is C23H19BrN2O3. The SMILES string of the molecule is O=C1[C@@H]2[C@@H](C(=O)N1/N=C\c1ccc(OCc3ccc(Br)cc3)cc1)[C@H]1C=C[C@H]2C1. The smallest absolute Gasteiger partial charge is 0.254 e. The Morgan fingerprint density at radius 1 is 0.966 bits per heavy atom. The molecule has 2 bridgehead atoms. The number of fused-ring (bicyclic) bond motifs is 5. The lowest BCUT2D eigenvalue weighted by Crippen LogP contribution is -2.28. The number of ether oxygens (including phenoxy) is 1. The molecule has 0 radical (unpaired) electrons. The Morgan fingerprint density at radius 3 is 2.21 bits per heavy atom. The van der Waals surface area contributed by atoms with Crippen molar-refractivity contribution in [3.05, 3.63) is 76.3 Å². The van der Waals surface area contributed by atoms with Crippen LogP contribution in [0.2, 0.25) is 0 Å². The van der Waals surface area contributed by atoms with Crippen LogP contribution in [0, 0.1) is 23.7 Å². The molecular weight excluding hydrogens is 432 g/mol. The summed E-state index contributed by atoms with van der Waals surface area (Å²) in [5.41, 5.74) is 1.89. The molecule has 3 aliphatic rings. The molecule has 5 rings (SSSR count). The van der Waals surface area contributed by atoms with Crippen LogP contribution in [0.5, 0.6) is 5.75 Å². The second-order valence-electron chi connectivity index (χ2n) is 7.72. The molecule has 0 N–H and O–H groups in total. The number of nitrogens with zero attached hydrogens (tertiary/aromatic N) is 2. The highest BCUT2D eigenvalue weighted by Crippen LogP contribution is 2.52. The molecule has 2 fully saturated rings. The number of allylic oxidation sites excluding steroid dienone is 2. The molecule has 2 aromatic carbocycles. The fourth-order valence-corrected chi connectivity index (χ4v) is 4.79. The third-order valence-electron chi connectivity index (χ3n) is 5.97. The number of carbonyl (C=O) groups is 2. The van der Waals surface area contributed by atoms with Crippen LogP contribution in [0.15, 0.2) is 70.3 Å². The second-order valence-corrected chi connectivity index (χ2v) is 8.63. The Labute approximate surface area is 177 Å². The summed E-state index contributed by atoms with van der Waals surface area (Å²) in [7, 11) is 0. The van der Waals surface area contributed by atoms with Gasteiger partial charge in [0.25, 0.3) is 11.8 Å². The molecule has 1 saturated carbocycles. The number of carbonyl (C=O) groups excluding carboxylic acids is 2. The van der Waals surface area contributed by atoms with Crippen molar-refractivity contribution in [2.75, 3.05) is 0 Å². The van der Waals surface area contributed by atoms with Crippen LogP contribution in [0.3, 0.4) is 0 Å². The predicted octanol–water partition coefficient (Wildman–Crippen LogP) is 4.17. The predicted molar refractivity (Wildman–Crippen MR) is 112 cm³/mol. The van der Waals surface area contributed by atoms with Crippen molar-refractivity contribution in [2.45, 2.75) is 13.0 Å². The monoisotopic (exact) mass is 450 g/mol. The Balaban J connectivity index is 1.22. The number of rotatable bonds is 5. The Morgan fingerprint density at radius 2 is 1.59 bits per heavy atom. The highest BCUT2D eigenvalue weighted by atomic mass is 79.9. The van der Waals surface area contributed by atoms with Crippen molar-refractivity contribution in [1.82, 2.24) is 5.01 Å². The molecule has 1 aliphatic heterocycles. The number of hydrogen-bond donors (Lipinski definition) is 0. The van der Waals surface area contributed by atoms with Crippen molar-refractivity contribution in [3.63, 3.8) is 0 Å². The van der Waals surface area contributed by atoms with Crippen molar-refractivity contribution < 1.29 is 14.3 Å². The largest absolute Gasteiger partial charge is 0.489 e. The number of benzene rings is 2. The molecule has 0 unspecified atom stereocenters. The first-order chi connectivity index (χ1) is 14.1. The number of imide groups is 1. The van der Waals surface area contributed by atoms with Crippen LogP contribution in [0.4, 0.5) is 0 Å². The number of hydrazone groups is 1. The summed E-state index contributed by atoms with van der Waals surface area (Å²) in [6, 6.07) is 15.4. The zero-order valence-electron chi connectivity index (χ0n) is 15.6. The highest BCUT2D eigenvalue weighted by molar-refractivity contribution is 9.10. The first-order valence-electron chi connectivity index (χ1n) is 9.67. The Hall–Kier alpha value is -2.73. The van der Waals surface area contributed by atoms with E-state index in [1.165, 1.54) is 0 Å². The summed E-state index contributed by atoms with van der Waals surface area (Å²) < 4.78 is 6.83. The first kappa shape index (κ1) is 18.3. The van der Waals surface area contributed by atoms with E-state index in [1.807, 2.05) is 48.5 Å². The summed E-state index contributed by atoms with van der Waals surface area (Å²) in [5, 5.41) is 5.27. The van der Waals surface area contributed by atoms with E-state index in [-0.39, 0.29) is 35.5 Å². The summed E-state index contributed by atoms with van der Waals surface area (Å²) in [5.74, 6) is 0.376. The third kappa shape index (κ3) is 3.31. The maximum absolute atomic E-state index is 12.6. The summed E-state index contributed by atoms with van der Waals surface area (Å²) in [6.45, 7) is 0.483. The van der Waals surface area contributed by atoms with Gasteiger partial charge in [-0.05, 0) is 65.8 Å². The van der Waals surface area contributed by atoms with Crippen LogP contribution in [-0.4, -0.2) is 23.0 Å². The second kappa shape index (κ2) is 7.26. The lowest BCUT2D eigenvalue weighted by molar-refractivity contribution is -0.140. The fourth-order valence-electron chi connectivity index (χ4n) is 4.52. The molecule has 29 heavy (non-hydrogen) atoms. The van der Waals surface area contributed by atoms with E-state index < -0.39 is 0 Å². The maximum Gasteiger partial charge on any atom is 0.254 e. The number of halogens is 1. The topological polar surface area (TPSA) is 59.0 Å². The lowest BCUT2D eigenvalue weighted by atomic mass is 9.85. The molecule has 2 aliphatic carbocycles. The van der Waals surface area contributed by atoms with Gasteiger partial charge in [-0.2, -0.15) is 10.1 Å². The van der Waals surface area contributed by atoms with Gasteiger partial charge in [0, 0.05) is 4.47 Å². The van der Waals surface area contributed by atoms with Gasteiger partial charge in [0.2, 0.25) is 0 Å². The standard InChI is InChI=1S/C23H19BrN2O3/c24-18-7-1-15(2-8-18)13-29-19-9-3-14(4-10-19)12-25-26-22(27)20-16-5-6-17(11-16)21(20)23(26)28/h1-10,12,16-17,20-21H,11,13H2/b25-12-/t16-,17-,20-,21-/m0/s1. The van der Waals surface area contributed by atoms with E-state index in [9.17, 15) is 9.59 Å². The normalized spacial score (nSPS) is 27.3. The first-order valence-corrected chi connectivity index (χ1v) is 10.5. The number of hydrogen-bond acceptors (Lipinski definition) is 4. The molecule has 146 valence electrons. The van der Waals surface area contributed by atoms with Gasteiger partial charge in [-0.15, -0.1) is 0 Å². The zero-order valence-corrected chi connectivity index (χ0v) is 17.2. The van der Waals surface area contributed by atoms with E-state index in [1.54, 1.807) is 6.21 Å². The summed E-state index contributed by atoms with van der Waals surface area (Å²) in [6.07, 6.45) is 6.64. The van der Waals surface area contributed by atoms with Gasteiger partial charge in [-0.3, -0.25) is 9.59 Å². The molecule has 2 amide bonds. The highest BCUT2D eigenvalue weighted by Gasteiger charge is 2.59. The van der Waals surface area contributed by atoms with Gasteiger partial charge in [0.1, 0.15) is 12.4 Å². The molecule has 6 heteroatoms. The molecule has 4 atom stereocenters. The minimum atomic E-state index is -0.218. The number of amides is 2. The van der Waals surface area contributed by atoms with E-state index in [4.69, 9.17) is 4.74 Å². The van der Waals surface area contributed by atoms with Crippen molar-refractivity contribution >= 4 is 34.0 Å². The van der Waals surface area contributed by atoms with Gasteiger partial charge < -0.3 is 4.74 Å². The maximum atomic E-state index is 12.6. The van der Waals surface area contributed by atoms with Gasteiger partial charge in [0.05, 0.1) is 18.1 Å². The Kier molecular flexibility index (Phi) is 4.59. The van der Waals surface area contributed by atoms with E-state index >= 15 is 0 Å². The summed E-state index contributed by atoms with van der Waals surface area (Å²) >= 11 is 3.42.